The molecule has 1 N–H and O–H groups in total. The van der Waals surface area contributed by atoms with Crippen LogP contribution in [0.15, 0.2) is 48.5 Å². The summed E-state index contributed by atoms with van der Waals surface area (Å²) in [5, 5.41) is 11.8. The average Bonchev–Trinajstić information content (AvgIpc) is 2.52. The molecule has 0 aliphatic rings. The van der Waals surface area contributed by atoms with Crippen LogP contribution in [0.5, 0.6) is 11.5 Å². The summed E-state index contributed by atoms with van der Waals surface area (Å²) >= 11 is 0. The van der Waals surface area contributed by atoms with Crippen LogP contribution in [0.2, 0.25) is 0 Å². The van der Waals surface area contributed by atoms with Crippen molar-refractivity contribution in [1.82, 2.24) is 0 Å². The summed E-state index contributed by atoms with van der Waals surface area (Å²) in [6.45, 7) is 3.38. The molecule has 0 heterocycles. The molecule has 4 nitrogen and oxygen atoms in total. The van der Waals surface area contributed by atoms with Crippen molar-refractivity contribution in [2.24, 2.45) is 0 Å². The van der Waals surface area contributed by atoms with E-state index in [1.807, 2.05) is 61.5 Å². The van der Waals surface area contributed by atoms with Crippen molar-refractivity contribution < 1.29 is 9.47 Å². The molecule has 0 aliphatic heterocycles. The first kappa shape index (κ1) is 14.7. The lowest BCUT2D eigenvalue weighted by Gasteiger charge is -2.10. The number of hydrogen-bond donors (Lipinski definition) is 1. The molecule has 2 aromatic carbocycles. The summed E-state index contributed by atoms with van der Waals surface area (Å²) in [6.07, 6.45) is 0. The summed E-state index contributed by atoms with van der Waals surface area (Å²) in [5.41, 5.74) is 2.09. The topological polar surface area (TPSA) is 54.3 Å². The first-order chi connectivity index (χ1) is 10.3. The monoisotopic (exact) mass is 282 g/mol. The quantitative estimate of drug-likeness (QED) is 0.843. The van der Waals surface area contributed by atoms with Crippen molar-refractivity contribution in [3.63, 3.8) is 0 Å². The number of nitriles is 1. The van der Waals surface area contributed by atoms with Gasteiger partial charge in [0, 0.05) is 18.3 Å². The summed E-state index contributed by atoms with van der Waals surface area (Å²) in [7, 11) is 0. The van der Waals surface area contributed by atoms with Gasteiger partial charge in [-0.2, -0.15) is 5.26 Å². The lowest BCUT2D eigenvalue weighted by molar-refractivity contribution is 0.340. The van der Waals surface area contributed by atoms with Gasteiger partial charge in [-0.1, -0.05) is 18.2 Å². The fourth-order valence-electron chi connectivity index (χ4n) is 1.93. The number of benzene rings is 2. The highest BCUT2D eigenvalue weighted by Crippen LogP contribution is 2.19. The van der Waals surface area contributed by atoms with Crippen LogP contribution in [0.3, 0.4) is 0 Å². The third-order valence-corrected chi connectivity index (χ3v) is 2.84. The van der Waals surface area contributed by atoms with E-state index in [2.05, 4.69) is 5.32 Å². The Hall–Kier alpha value is -2.67. The lowest BCUT2D eigenvalue weighted by atomic mass is 10.2. The van der Waals surface area contributed by atoms with E-state index >= 15 is 0 Å². The predicted octanol–water partition coefficient (Wildman–Crippen LogP) is 3.60. The van der Waals surface area contributed by atoms with E-state index in [1.165, 1.54) is 0 Å². The maximum Gasteiger partial charge on any atom is 0.174 e. The zero-order valence-electron chi connectivity index (χ0n) is 12.0. The van der Waals surface area contributed by atoms with Gasteiger partial charge in [0.2, 0.25) is 0 Å². The second-order valence-corrected chi connectivity index (χ2v) is 4.41. The Labute approximate surface area is 124 Å². The van der Waals surface area contributed by atoms with Crippen molar-refractivity contribution in [3.05, 3.63) is 54.1 Å². The first-order valence-corrected chi connectivity index (χ1v) is 6.87. The van der Waals surface area contributed by atoms with E-state index in [-0.39, 0.29) is 6.61 Å². The molecule has 2 aromatic rings. The van der Waals surface area contributed by atoms with Crippen LogP contribution in [0.1, 0.15) is 12.5 Å². The molecule has 21 heavy (non-hydrogen) atoms. The fourth-order valence-corrected chi connectivity index (χ4v) is 1.93. The molecule has 0 unspecified atom stereocenters. The van der Waals surface area contributed by atoms with Crippen LogP contribution in [0.4, 0.5) is 5.69 Å². The summed E-state index contributed by atoms with van der Waals surface area (Å²) in [5.74, 6) is 1.56. The van der Waals surface area contributed by atoms with Gasteiger partial charge in [0.05, 0.1) is 6.61 Å². The molecule has 0 amide bonds. The Morgan fingerprint density at radius 3 is 2.57 bits per heavy atom. The Balaban J connectivity index is 1.96. The Morgan fingerprint density at radius 1 is 1.05 bits per heavy atom. The molecule has 0 saturated heterocycles. The second-order valence-electron chi connectivity index (χ2n) is 4.41. The van der Waals surface area contributed by atoms with Gasteiger partial charge in [0.15, 0.2) is 6.61 Å². The van der Waals surface area contributed by atoms with Gasteiger partial charge in [0.25, 0.3) is 0 Å². The van der Waals surface area contributed by atoms with Gasteiger partial charge in [-0.3, -0.25) is 0 Å². The Bertz CT molecular complexity index is 620. The number of hydrogen-bond acceptors (Lipinski definition) is 4. The van der Waals surface area contributed by atoms with E-state index in [0.29, 0.717) is 18.9 Å². The maximum atomic E-state index is 8.52. The molecule has 0 spiro atoms. The highest BCUT2D eigenvalue weighted by atomic mass is 16.5. The molecule has 0 aliphatic carbocycles. The van der Waals surface area contributed by atoms with Crippen LogP contribution in [0.25, 0.3) is 0 Å². The van der Waals surface area contributed by atoms with Crippen LogP contribution in [-0.4, -0.2) is 13.2 Å². The summed E-state index contributed by atoms with van der Waals surface area (Å²) < 4.78 is 10.8. The SMILES string of the molecule is CCOc1cccc(CNc2cccc(OCC#N)c2)c1. The molecule has 2 rings (SSSR count). The molecule has 0 atom stereocenters. The number of ether oxygens (including phenoxy) is 2. The third-order valence-electron chi connectivity index (χ3n) is 2.84. The average molecular weight is 282 g/mol. The highest BCUT2D eigenvalue weighted by Gasteiger charge is 1.99. The minimum absolute atomic E-state index is 0.0554. The van der Waals surface area contributed by atoms with Gasteiger partial charge in [0.1, 0.15) is 17.6 Å². The second kappa shape index (κ2) is 7.81. The largest absolute Gasteiger partial charge is 0.494 e. The first-order valence-electron chi connectivity index (χ1n) is 6.87. The van der Waals surface area contributed by atoms with Crippen molar-refractivity contribution in [1.29, 1.82) is 5.26 Å². The van der Waals surface area contributed by atoms with E-state index in [4.69, 9.17) is 14.7 Å². The third kappa shape index (κ3) is 4.73. The van der Waals surface area contributed by atoms with Crippen LogP contribution < -0.4 is 14.8 Å². The molecule has 0 aromatic heterocycles. The smallest absolute Gasteiger partial charge is 0.174 e. The standard InChI is InChI=1S/C17H18N2O2/c1-2-20-16-7-3-5-14(11-16)13-19-15-6-4-8-17(12-15)21-10-9-18/h3-8,11-12,19H,2,10,13H2,1H3. The maximum absolute atomic E-state index is 8.52. The van der Waals surface area contributed by atoms with E-state index in [9.17, 15) is 0 Å². The molecule has 0 bridgehead atoms. The van der Waals surface area contributed by atoms with Crippen molar-refractivity contribution >= 4 is 5.69 Å². The van der Waals surface area contributed by atoms with Gasteiger partial charge in [-0.05, 0) is 36.8 Å². The van der Waals surface area contributed by atoms with Crippen molar-refractivity contribution in [3.8, 4) is 17.6 Å². The Kier molecular flexibility index (Phi) is 5.48. The van der Waals surface area contributed by atoms with Gasteiger partial charge < -0.3 is 14.8 Å². The van der Waals surface area contributed by atoms with Crippen LogP contribution in [-0.2, 0) is 6.54 Å². The lowest BCUT2D eigenvalue weighted by Crippen LogP contribution is -2.01. The van der Waals surface area contributed by atoms with E-state index in [1.54, 1.807) is 0 Å². The number of nitrogens with zero attached hydrogens (tertiary/aromatic N) is 1. The zero-order chi connectivity index (χ0) is 14.9. The van der Waals surface area contributed by atoms with Gasteiger partial charge in [-0.25, -0.2) is 0 Å². The van der Waals surface area contributed by atoms with Gasteiger partial charge >= 0.3 is 0 Å². The van der Waals surface area contributed by atoms with Crippen LogP contribution >= 0.6 is 0 Å². The zero-order valence-corrected chi connectivity index (χ0v) is 12.0. The van der Waals surface area contributed by atoms with Crippen molar-refractivity contribution in [2.75, 3.05) is 18.5 Å². The predicted molar refractivity (Wildman–Crippen MR) is 82.5 cm³/mol. The molecule has 0 fully saturated rings. The number of nitrogens with one attached hydrogen (secondary N) is 1. The van der Waals surface area contributed by atoms with E-state index < -0.39 is 0 Å². The van der Waals surface area contributed by atoms with Gasteiger partial charge in [-0.15, -0.1) is 0 Å². The number of rotatable bonds is 7. The molecule has 4 heteroatoms. The van der Waals surface area contributed by atoms with E-state index in [0.717, 1.165) is 17.0 Å². The molecular formula is C17H18N2O2. The molecular weight excluding hydrogens is 264 g/mol. The molecule has 0 saturated carbocycles. The fraction of sp³-hybridized carbons (Fsp3) is 0.235. The summed E-state index contributed by atoms with van der Waals surface area (Å²) in [4.78, 5) is 0. The normalized spacial score (nSPS) is 9.71. The van der Waals surface area contributed by atoms with Crippen molar-refractivity contribution in [2.45, 2.75) is 13.5 Å². The summed E-state index contributed by atoms with van der Waals surface area (Å²) in [6, 6.07) is 17.5. The highest BCUT2D eigenvalue weighted by molar-refractivity contribution is 5.48. The van der Waals surface area contributed by atoms with Crippen LogP contribution in [0, 0.1) is 11.3 Å². The molecule has 0 radical (unpaired) electrons. The Morgan fingerprint density at radius 2 is 1.81 bits per heavy atom. The minimum atomic E-state index is 0.0554. The minimum Gasteiger partial charge on any atom is -0.494 e. The molecule has 108 valence electrons. The number of anilines is 1.